The van der Waals surface area contributed by atoms with Crippen molar-refractivity contribution in [3.63, 3.8) is 0 Å². The number of nitrogens with zero attached hydrogens (tertiary/aromatic N) is 1. The minimum absolute atomic E-state index is 0.0753. The molecule has 0 amide bonds. The normalized spacial score (nSPS) is 29.7. The molecule has 0 saturated heterocycles. The molecule has 108 valence electrons. The molecule has 1 fully saturated rings. The van der Waals surface area contributed by atoms with Crippen LogP contribution in [0.25, 0.3) is 0 Å². The quantitative estimate of drug-likeness (QED) is 0.914. The molecule has 2 rings (SSSR count). The van der Waals surface area contributed by atoms with E-state index >= 15 is 0 Å². The van der Waals surface area contributed by atoms with Gasteiger partial charge in [-0.15, -0.1) is 11.3 Å². The van der Waals surface area contributed by atoms with Crippen molar-refractivity contribution >= 4 is 22.9 Å². The van der Waals surface area contributed by atoms with Gasteiger partial charge < -0.3 is 10.0 Å². The fourth-order valence-corrected chi connectivity index (χ4v) is 4.54. The van der Waals surface area contributed by atoms with E-state index in [-0.39, 0.29) is 11.6 Å². The third-order valence-corrected chi connectivity index (χ3v) is 5.80. The monoisotopic (exact) mass is 301 g/mol. The van der Waals surface area contributed by atoms with Crippen LogP contribution in [-0.4, -0.2) is 35.7 Å². The molecule has 1 aromatic heterocycles. The molecule has 3 atom stereocenters. The first kappa shape index (κ1) is 15.3. The first-order chi connectivity index (χ1) is 8.94. The molecule has 1 N–H and O–H groups in total. The summed E-state index contributed by atoms with van der Waals surface area (Å²) in [6.45, 7) is 2.30. The summed E-state index contributed by atoms with van der Waals surface area (Å²) in [5.74, 6) is 0.692. The number of aliphatic hydroxyl groups is 1. The molecule has 1 aliphatic carbocycles. The van der Waals surface area contributed by atoms with Gasteiger partial charge in [0.1, 0.15) is 0 Å². The van der Waals surface area contributed by atoms with Crippen LogP contribution < -0.4 is 0 Å². The Morgan fingerprint density at radius 1 is 1.53 bits per heavy atom. The lowest BCUT2D eigenvalue weighted by atomic mass is 9.71. The highest BCUT2D eigenvalue weighted by molar-refractivity contribution is 7.16. The van der Waals surface area contributed by atoms with Crippen molar-refractivity contribution in [1.29, 1.82) is 0 Å². The Balaban J connectivity index is 2.14. The molecule has 1 heterocycles. The standard InChI is InChI=1S/C15H24ClNOS/c1-11-5-4-8-15(10-11,17(2)3)13(18)9-12-6-7-14(16)19-12/h6-7,11,13,18H,4-5,8-10H2,1-3H3. The average molecular weight is 302 g/mol. The molecular formula is C15H24ClNOS. The van der Waals surface area contributed by atoms with Crippen LogP contribution in [0.5, 0.6) is 0 Å². The van der Waals surface area contributed by atoms with E-state index in [0.717, 1.165) is 17.2 Å². The molecule has 0 aromatic carbocycles. The number of likely N-dealkylation sites (N-methyl/N-ethyl adjacent to an activating group) is 1. The lowest BCUT2D eigenvalue weighted by molar-refractivity contribution is -0.0421. The molecule has 0 spiro atoms. The molecule has 4 heteroatoms. The molecular weight excluding hydrogens is 278 g/mol. The van der Waals surface area contributed by atoms with Gasteiger partial charge in [-0.3, -0.25) is 0 Å². The number of thiophene rings is 1. The van der Waals surface area contributed by atoms with E-state index in [1.54, 1.807) is 11.3 Å². The van der Waals surface area contributed by atoms with Gasteiger partial charge in [0.25, 0.3) is 0 Å². The van der Waals surface area contributed by atoms with Gasteiger partial charge in [0.15, 0.2) is 0 Å². The van der Waals surface area contributed by atoms with Crippen molar-refractivity contribution in [2.45, 2.75) is 50.7 Å². The summed E-state index contributed by atoms with van der Waals surface area (Å²) >= 11 is 7.55. The molecule has 1 aliphatic rings. The van der Waals surface area contributed by atoms with E-state index in [2.05, 4.69) is 25.9 Å². The summed E-state index contributed by atoms with van der Waals surface area (Å²) in [4.78, 5) is 3.42. The van der Waals surface area contributed by atoms with Crippen LogP contribution >= 0.6 is 22.9 Å². The maximum Gasteiger partial charge on any atom is 0.0931 e. The SMILES string of the molecule is CC1CCCC(C(O)Cc2ccc(Cl)s2)(N(C)C)C1. The number of hydrogen-bond donors (Lipinski definition) is 1. The van der Waals surface area contributed by atoms with Gasteiger partial charge in [-0.25, -0.2) is 0 Å². The third-order valence-electron chi connectivity index (χ3n) is 4.54. The zero-order valence-corrected chi connectivity index (χ0v) is 13.6. The van der Waals surface area contributed by atoms with Gasteiger partial charge in [-0.2, -0.15) is 0 Å². The maximum atomic E-state index is 10.8. The van der Waals surface area contributed by atoms with Crippen molar-refractivity contribution < 1.29 is 5.11 Å². The largest absolute Gasteiger partial charge is 0.391 e. The van der Waals surface area contributed by atoms with Crippen molar-refractivity contribution in [1.82, 2.24) is 4.90 Å². The predicted octanol–water partition coefficient (Wildman–Crippen LogP) is 3.82. The fourth-order valence-electron chi connectivity index (χ4n) is 3.41. The Morgan fingerprint density at radius 3 is 2.79 bits per heavy atom. The summed E-state index contributed by atoms with van der Waals surface area (Å²) < 4.78 is 0.804. The van der Waals surface area contributed by atoms with Crippen molar-refractivity contribution in [3.8, 4) is 0 Å². The zero-order chi connectivity index (χ0) is 14.0. The minimum Gasteiger partial charge on any atom is -0.391 e. The summed E-state index contributed by atoms with van der Waals surface area (Å²) in [6.07, 6.45) is 5.06. The molecule has 0 aliphatic heterocycles. The van der Waals surface area contributed by atoms with Crippen molar-refractivity contribution in [2.24, 2.45) is 5.92 Å². The second-order valence-electron chi connectivity index (χ2n) is 6.13. The second-order valence-corrected chi connectivity index (χ2v) is 7.92. The number of hydrogen-bond acceptors (Lipinski definition) is 3. The van der Waals surface area contributed by atoms with E-state index in [4.69, 9.17) is 11.6 Å². The highest BCUT2D eigenvalue weighted by atomic mass is 35.5. The lowest BCUT2D eigenvalue weighted by Gasteiger charge is -2.48. The Labute approximate surface area is 125 Å². The predicted molar refractivity (Wildman–Crippen MR) is 83.1 cm³/mol. The molecule has 19 heavy (non-hydrogen) atoms. The average Bonchev–Trinajstić information content (AvgIpc) is 2.74. The Kier molecular flexibility index (Phi) is 4.93. The minimum atomic E-state index is -0.319. The van der Waals surface area contributed by atoms with Crippen molar-refractivity contribution in [3.05, 3.63) is 21.3 Å². The van der Waals surface area contributed by atoms with Gasteiger partial charge in [0.05, 0.1) is 10.4 Å². The topological polar surface area (TPSA) is 23.5 Å². The van der Waals surface area contributed by atoms with E-state index in [0.29, 0.717) is 12.3 Å². The van der Waals surface area contributed by atoms with Crippen LogP contribution in [0.15, 0.2) is 12.1 Å². The van der Waals surface area contributed by atoms with Gasteiger partial charge in [-0.1, -0.05) is 31.4 Å². The highest BCUT2D eigenvalue weighted by Crippen LogP contribution is 2.39. The molecule has 3 unspecified atom stereocenters. The number of aliphatic hydroxyl groups excluding tert-OH is 1. The van der Waals surface area contributed by atoms with E-state index < -0.39 is 0 Å². The molecule has 1 aromatic rings. The molecule has 0 bridgehead atoms. The van der Waals surface area contributed by atoms with E-state index in [1.165, 1.54) is 17.7 Å². The highest BCUT2D eigenvalue weighted by Gasteiger charge is 2.42. The Bertz CT molecular complexity index is 420. The van der Waals surface area contributed by atoms with Crippen LogP contribution in [0.2, 0.25) is 4.34 Å². The molecule has 2 nitrogen and oxygen atoms in total. The third kappa shape index (κ3) is 3.33. The summed E-state index contributed by atoms with van der Waals surface area (Å²) in [7, 11) is 4.20. The summed E-state index contributed by atoms with van der Waals surface area (Å²) in [5, 5.41) is 10.8. The molecule has 0 radical (unpaired) electrons. The first-order valence-electron chi connectivity index (χ1n) is 7.04. The zero-order valence-electron chi connectivity index (χ0n) is 12.0. The van der Waals surface area contributed by atoms with Gasteiger partial charge in [0, 0.05) is 16.8 Å². The van der Waals surface area contributed by atoms with Gasteiger partial charge in [0.2, 0.25) is 0 Å². The van der Waals surface area contributed by atoms with Crippen LogP contribution in [0, 0.1) is 5.92 Å². The first-order valence-corrected chi connectivity index (χ1v) is 8.23. The Hall–Kier alpha value is -0.0900. The lowest BCUT2D eigenvalue weighted by Crippen LogP contribution is -2.56. The fraction of sp³-hybridized carbons (Fsp3) is 0.733. The van der Waals surface area contributed by atoms with Crippen molar-refractivity contribution in [2.75, 3.05) is 14.1 Å². The number of rotatable bonds is 4. The van der Waals surface area contributed by atoms with Gasteiger partial charge >= 0.3 is 0 Å². The van der Waals surface area contributed by atoms with E-state index in [9.17, 15) is 5.11 Å². The van der Waals surface area contributed by atoms with Crippen LogP contribution in [0.3, 0.4) is 0 Å². The van der Waals surface area contributed by atoms with Gasteiger partial charge in [-0.05, 0) is 45.0 Å². The second kappa shape index (κ2) is 6.13. The summed E-state index contributed by atoms with van der Waals surface area (Å²) in [5.41, 5.74) is -0.0753. The van der Waals surface area contributed by atoms with Crippen LogP contribution in [0.1, 0.15) is 37.5 Å². The van der Waals surface area contributed by atoms with E-state index in [1.807, 2.05) is 12.1 Å². The molecule has 1 saturated carbocycles. The summed E-state index contributed by atoms with van der Waals surface area (Å²) in [6, 6.07) is 3.95. The maximum absolute atomic E-state index is 10.8. The van der Waals surface area contributed by atoms with Crippen LogP contribution in [0.4, 0.5) is 0 Å². The number of halogens is 1. The Morgan fingerprint density at radius 2 is 2.26 bits per heavy atom. The smallest absolute Gasteiger partial charge is 0.0931 e. The van der Waals surface area contributed by atoms with Crippen LogP contribution in [-0.2, 0) is 6.42 Å².